The normalized spacial score (nSPS) is 10.2. The van der Waals surface area contributed by atoms with Crippen molar-refractivity contribution >= 4 is 6.29 Å². The number of aromatic hydroxyl groups is 1. The summed E-state index contributed by atoms with van der Waals surface area (Å²) in [7, 11) is 0. The lowest BCUT2D eigenvalue weighted by atomic mass is 10.00. The highest BCUT2D eigenvalue weighted by Gasteiger charge is 2.12. The zero-order valence-electron chi connectivity index (χ0n) is 8.65. The number of carbonyl (C=O) groups is 1. The van der Waals surface area contributed by atoms with E-state index in [0.717, 1.165) is 12.1 Å². The summed E-state index contributed by atoms with van der Waals surface area (Å²) in [5.74, 6) is -3.13. The maximum Gasteiger partial charge on any atom is 0.187 e. The van der Waals surface area contributed by atoms with Gasteiger partial charge in [-0.25, -0.2) is 8.78 Å². The van der Waals surface area contributed by atoms with Crippen LogP contribution in [0, 0.1) is 11.6 Å². The first-order valence-corrected chi connectivity index (χ1v) is 4.86. The van der Waals surface area contributed by atoms with Gasteiger partial charge < -0.3 is 5.11 Å². The molecular formula is C13H8F2O2. The number of aldehydes is 1. The number of phenolic OH excluding ortho intramolecular Hbond substituents is 1. The molecule has 0 unspecified atom stereocenters. The Labute approximate surface area is 96.1 Å². The lowest BCUT2D eigenvalue weighted by molar-refractivity contribution is 0.112. The van der Waals surface area contributed by atoms with E-state index >= 15 is 0 Å². The van der Waals surface area contributed by atoms with E-state index in [2.05, 4.69) is 0 Å². The highest BCUT2D eigenvalue weighted by Crippen LogP contribution is 2.29. The van der Waals surface area contributed by atoms with Crippen molar-refractivity contribution in [2.24, 2.45) is 0 Å². The van der Waals surface area contributed by atoms with Gasteiger partial charge in [0.2, 0.25) is 0 Å². The van der Waals surface area contributed by atoms with Crippen LogP contribution in [0.15, 0.2) is 36.4 Å². The fraction of sp³-hybridized carbons (Fsp3) is 0. The minimum atomic E-state index is -1.05. The lowest BCUT2D eigenvalue weighted by Crippen LogP contribution is -1.90. The van der Waals surface area contributed by atoms with Crippen LogP contribution in [-0.2, 0) is 0 Å². The number of halogens is 2. The van der Waals surface area contributed by atoms with Crippen molar-refractivity contribution in [3.8, 4) is 16.9 Å². The Morgan fingerprint density at radius 2 is 1.65 bits per heavy atom. The van der Waals surface area contributed by atoms with Crippen molar-refractivity contribution in [1.29, 1.82) is 0 Å². The molecule has 86 valence electrons. The van der Waals surface area contributed by atoms with Gasteiger partial charge in [0.15, 0.2) is 23.7 Å². The Balaban J connectivity index is 2.65. The lowest BCUT2D eigenvalue weighted by Gasteiger charge is -2.06. The van der Waals surface area contributed by atoms with Gasteiger partial charge >= 0.3 is 0 Å². The summed E-state index contributed by atoms with van der Waals surface area (Å²) in [6.07, 6.45) is 0.609. The molecule has 0 aliphatic rings. The molecule has 0 amide bonds. The van der Waals surface area contributed by atoms with Crippen molar-refractivity contribution in [3.05, 3.63) is 53.6 Å². The standard InChI is InChI=1S/C13H8F2O2/c14-11-5-9(6-12(15)13(11)17)10-4-2-1-3-8(10)7-16/h1-7,17H. The molecule has 2 rings (SSSR count). The van der Waals surface area contributed by atoms with E-state index < -0.39 is 17.4 Å². The fourth-order valence-corrected chi connectivity index (χ4v) is 1.58. The van der Waals surface area contributed by atoms with Gasteiger partial charge in [-0.3, -0.25) is 4.79 Å². The Kier molecular flexibility index (Phi) is 2.87. The van der Waals surface area contributed by atoms with Gasteiger partial charge in [-0.1, -0.05) is 24.3 Å². The molecular weight excluding hydrogens is 226 g/mol. The second kappa shape index (κ2) is 4.33. The van der Waals surface area contributed by atoms with Gasteiger partial charge in [-0.2, -0.15) is 0 Å². The Hall–Kier alpha value is -2.23. The molecule has 1 N–H and O–H groups in total. The number of hydrogen-bond acceptors (Lipinski definition) is 2. The molecule has 0 heterocycles. The molecule has 0 spiro atoms. The predicted octanol–water partition coefficient (Wildman–Crippen LogP) is 3.15. The van der Waals surface area contributed by atoms with E-state index in [1.54, 1.807) is 24.3 Å². The van der Waals surface area contributed by atoms with Gasteiger partial charge in [-0.05, 0) is 23.3 Å². The van der Waals surface area contributed by atoms with E-state index in [1.165, 1.54) is 0 Å². The van der Waals surface area contributed by atoms with Crippen LogP contribution in [0.25, 0.3) is 11.1 Å². The highest BCUT2D eigenvalue weighted by atomic mass is 19.1. The summed E-state index contributed by atoms with van der Waals surface area (Å²) in [5, 5.41) is 8.98. The van der Waals surface area contributed by atoms with Gasteiger partial charge in [0.1, 0.15) is 0 Å². The van der Waals surface area contributed by atoms with Crippen LogP contribution in [0.2, 0.25) is 0 Å². The Bertz CT molecular complexity index is 556. The van der Waals surface area contributed by atoms with Gasteiger partial charge in [0.25, 0.3) is 0 Å². The second-order valence-electron chi connectivity index (χ2n) is 3.49. The molecule has 0 radical (unpaired) electrons. The molecule has 0 aliphatic heterocycles. The molecule has 2 aromatic carbocycles. The minimum absolute atomic E-state index is 0.209. The van der Waals surface area contributed by atoms with E-state index in [-0.39, 0.29) is 5.56 Å². The van der Waals surface area contributed by atoms with E-state index in [1.807, 2.05) is 0 Å². The second-order valence-corrected chi connectivity index (χ2v) is 3.49. The maximum atomic E-state index is 13.2. The number of rotatable bonds is 2. The third-order valence-corrected chi connectivity index (χ3v) is 2.42. The van der Waals surface area contributed by atoms with Crippen LogP contribution in [0.3, 0.4) is 0 Å². The van der Waals surface area contributed by atoms with Crippen LogP contribution in [0.5, 0.6) is 5.75 Å². The Morgan fingerprint density at radius 3 is 2.24 bits per heavy atom. The monoisotopic (exact) mass is 234 g/mol. The zero-order chi connectivity index (χ0) is 12.4. The van der Waals surface area contributed by atoms with Crippen LogP contribution in [-0.4, -0.2) is 11.4 Å². The maximum absolute atomic E-state index is 13.2. The molecule has 0 bridgehead atoms. The summed E-state index contributed by atoms with van der Waals surface area (Å²) in [4.78, 5) is 10.8. The number of hydrogen-bond donors (Lipinski definition) is 1. The predicted molar refractivity (Wildman–Crippen MR) is 58.8 cm³/mol. The average molecular weight is 234 g/mol. The Morgan fingerprint density at radius 1 is 1.06 bits per heavy atom. The van der Waals surface area contributed by atoms with Crippen LogP contribution in [0.4, 0.5) is 8.78 Å². The topological polar surface area (TPSA) is 37.3 Å². The van der Waals surface area contributed by atoms with Gasteiger partial charge in [0.05, 0.1) is 0 Å². The molecule has 0 aromatic heterocycles. The largest absolute Gasteiger partial charge is 0.503 e. The summed E-state index contributed by atoms with van der Waals surface area (Å²) in [6, 6.07) is 8.41. The third kappa shape index (κ3) is 2.01. The number of phenols is 1. The van der Waals surface area contributed by atoms with E-state index in [4.69, 9.17) is 5.11 Å². The van der Waals surface area contributed by atoms with Crippen LogP contribution >= 0.6 is 0 Å². The number of carbonyl (C=O) groups excluding carboxylic acids is 1. The minimum Gasteiger partial charge on any atom is -0.503 e. The number of benzene rings is 2. The summed E-state index contributed by atoms with van der Waals surface area (Å²) in [6.45, 7) is 0. The molecule has 17 heavy (non-hydrogen) atoms. The van der Waals surface area contributed by atoms with Crippen LogP contribution < -0.4 is 0 Å². The van der Waals surface area contributed by atoms with E-state index in [9.17, 15) is 13.6 Å². The molecule has 2 aromatic rings. The summed E-state index contributed by atoms with van der Waals surface area (Å²) < 4.78 is 26.4. The highest BCUT2D eigenvalue weighted by molar-refractivity contribution is 5.87. The molecule has 0 saturated heterocycles. The smallest absolute Gasteiger partial charge is 0.187 e. The van der Waals surface area contributed by atoms with Gasteiger partial charge in [0, 0.05) is 5.56 Å². The van der Waals surface area contributed by atoms with Crippen molar-refractivity contribution in [3.63, 3.8) is 0 Å². The molecule has 0 fully saturated rings. The van der Waals surface area contributed by atoms with Crippen molar-refractivity contribution in [2.45, 2.75) is 0 Å². The first-order chi connectivity index (χ1) is 8.13. The van der Waals surface area contributed by atoms with Gasteiger partial charge in [-0.15, -0.1) is 0 Å². The van der Waals surface area contributed by atoms with Crippen molar-refractivity contribution in [1.82, 2.24) is 0 Å². The third-order valence-electron chi connectivity index (χ3n) is 2.42. The van der Waals surface area contributed by atoms with E-state index in [0.29, 0.717) is 17.4 Å². The first-order valence-electron chi connectivity index (χ1n) is 4.86. The fourth-order valence-electron chi connectivity index (χ4n) is 1.58. The van der Waals surface area contributed by atoms with Crippen LogP contribution in [0.1, 0.15) is 10.4 Å². The zero-order valence-corrected chi connectivity index (χ0v) is 8.65. The SMILES string of the molecule is O=Cc1ccccc1-c1cc(F)c(O)c(F)c1. The van der Waals surface area contributed by atoms with Crippen molar-refractivity contribution in [2.75, 3.05) is 0 Å². The molecule has 0 atom stereocenters. The first kappa shape index (κ1) is 11.3. The molecule has 4 heteroatoms. The molecule has 0 saturated carbocycles. The summed E-state index contributed by atoms with van der Waals surface area (Å²) >= 11 is 0. The summed E-state index contributed by atoms with van der Waals surface area (Å²) in [5.41, 5.74) is 0.956. The van der Waals surface area contributed by atoms with Crippen molar-refractivity contribution < 1.29 is 18.7 Å². The average Bonchev–Trinajstić information content (AvgIpc) is 2.35. The molecule has 0 aliphatic carbocycles. The quantitative estimate of drug-likeness (QED) is 0.810. The molecule has 2 nitrogen and oxygen atoms in total.